The Hall–Kier alpha value is -1.66. The summed E-state index contributed by atoms with van der Waals surface area (Å²) in [7, 11) is 0. The molecule has 1 aromatic carbocycles. The first-order valence-corrected chi connectivity index (χ1v) is 8.49. The number of hydrogen-bond donors (Lipinski definition) is 2. The lowest BCUT2D eigenvalue weighted by Crippen LogP contribution is -2.14. The largest absolute Gasteiger partial charge is 0.325 e. The number of nitrogens with one attached hydrogen (secondary N) is 2. The number of rotatable bonds is 4. The van der Waals surface area contributed by atoms with E-state index in [9.17, 15) is 9.59 Å². The molecule has 0 aliphatic rings. The van der Waals surface area contributed by atoms with Crippen molar-refractivity contribution < 1.29 is 9.59 Å². The van der Waals surface area contributed by atoms with Crippen LogP contribution in [0.1, 0.15) is 34.0 Å². The van der Waals surface area contributed by atoms with Gasteiger partial charge in [0, 0.05) is 16.3 Å². The second-order valence-corrected chi connectivity index (χ2v) is 6.95. The first kappa shape index (κ1) is 16.7. The number of anilines is 2. The van der Waals surface area contributed by atoms with E-state index in [4.69, 9.17) is 0 Å². The summed E-state index contributed by atoms with van der Waals surface area (Å²) in [5.74, 6) is -0.351. The Bertz CT molecular complexity index is 725. The summed E-state index contributed by atoms with van der Waals surface area (Å²) in [5.41, 5.74) is 2.28. The van der Waals surface area contributed by atoms with Crippen LogP contribution in [0, 0.1) is 6.92 Å². The molecule has 0 saturated heterocycles. The average Bonchev–Trinajstić information content (AvgIpc) is 2.82. The van der Waals surface area contributed by atoms with Gasteiger partial charge in [-0.15, -0.1) is 11.3 Å². The predicted octanol–water partition coefficient (Wildman–Crippen LogP) is 4.59. The summed E-state index contributed by atoms with van der Waals surface area (Å²) in [6.07, 6.45) is 0.914. The van der Waals surface area contributed by atoms with E-state index in [0.29, 0.717) is 16.3 Å². The van der Waals surface area contributed by atoms with Crippen molar-refractivity contribution in [1.82, 2.24) is 0 Å². The molecule has 0 saturated carbocycles. The maximum atomic E-state index is 12.4. The van der Waals surface area contributed by atoms with Crippen molar-refractivity contribution in [3.05, 3.63) is 44.1 Å². The van der Waals surface area contributed by atoms with E-state index >= 15 is 0 Å². The third-order valence-electron chi connectivity index (χ3n) is 3.11. The minimum atomic E-state index is -0.182. The SMILES string of the molecule is CCc1sc(C(=O)Nc2cc(Br)ccc2NC(C)=O)cc1C. The van der Waals surface area contributed by atoms with E-state index in [1.807, 2.05) is 19.1 Å². The number of thiophene rings is 1. The van der Waals surface area contributed by atoms with Gasteiger partial charge < -0.3 is 10.6 Å². The highest BCUT2D eigenvalue weighted by atomic mass is 79.9. The van der Waals surface area contributed by atoms with Crippen LogP contribution in [0.3, 0.4) is 0 Å². The molecule has 2 rings (SSSR count). The van der Waals surface area contributed by atoms with Gasteiger partial charge in [-0.05, 0) is 43.2 Å². The molecular weight excluding hydrogens is 364 g/mol. The molecule has 2 N–H and O–H groups in total. The number of amides is 2. The van der Waals surface area contributed by atoms with Crippen LogP contribution in [0.4, 0.5) is 11.4 Å². The quantitative estimate of drug-likeness (QED) is 0.814. The monoisotopic (exact) mass is 380 g/mol. The standard InChI is InChI=1S/C16H17BrN2O2S/c1-4-14-9(2)7-15(22-14)16(21)19-13-8-11(17)5-6-12(13)18-10(3)20/h5-8H,4H2,1-3H3,(H,18,20)(H,19,21). The Morgan fingerprint density at radius 3 is 2.50 bits per heavy atom. The van der Waals surface area contributed by atoms with Gasteiger partial charge in [0.2, 0.25) is 5.91 Å². The van der Waals surface area contributed by atoms with E-state index < -0.39 is 0 Å². The van der Waals surface area contributed by atoms with Crippen LogP contribution >= 0.6 is 27.3 Å². The Morgan fingerprint density at radius 2 is 1.91 bits per heavy atom. The van der Waals surface area contributed by atoms with Crippen molar-refractivity contribution in [3.8, 4) is 0 Å². The fourth-order valence-electron chi connectivity index (χ4n) is 2.09. The maximum Gasteiger partial charge on any atom is 0.265 e. The number of aryl methyl sites for hydroxylation is 2. The highest BCUT2D eigenvalue weighted by molar-refractivity contribution is 9.10. The molecule has 0 aliphatic heterocycles. The molecule has 2 aromatic rings. The van der Waals surface area contributed by atoms with Gasteiger partial charge in [0.05, 0.1) is 16.3 Å². The summed E-state index contributed by atoms with van der Waals surface area (Å²) in [6.45, 7) is 5.52. The van der Waals surface area contributed by atoms with Gasteiger partial charge in [-0.1, -0.05) is 22.9 Å². The lowest BCUT2D eigenvalue weighted by atomic mass is 10.2. The van der Waals surface area contributed by atoms with Gasteiger partial charge in [0.15, 0.2) is 0 Å². The van der Waals surface area contributed by atoms with Crippen LogP contribution in [0.25, 0.3) is 0 Å². The van der Waals surface area contributed by atoms with Gasteiger partial charge in [0.25, 0.3) is 5.91 Å². The average molecular weight is 381 g/mol. The van der Waals surface area contributed by atoms with E-state index in [-0.39, 0.29) is 11.8 Å². The number of carbonyl (C=O) groups is 2. The second-order valence-electron chi connectivity index (χ2n) is 4.90. The van der Waals surface area contributed by atoms with Crippen LogP contribution in [0.15, 0.2) is 28.7 Å². The zero-order valence-electron chi connectivity index (χ0n) is 12.6. The molecule has 0 radical (unpaired) electrons. The molecule has 1 heterocycles. The Labute approximate surface area is 142 Å². The van der Waals surface area contributed by atoms with Crippen LogP contribution in [0.2, 0.25) is 0 Å². The van der Waals surface area contributed by atoms with Gasteiger partial charge in [0.1, 0.15) is 0 Å². The molecule has 0 fully saturated rings. The van der Waals surface area contributed by atoms with Crippen molar-refractivity contribution >= 4 is 50.5 Å². The zero-order valence-corrected chi connectivity index (χ0v) is 15.0. The molecule has 4 nitrogen and oxygen atoms in total. The molecule has 0 aliphatic carbocycles. The fraction of sp³-hybridized carbons (Fsp3) is 0.250. The molecule has 6 heteroatoms. The Balaban J connectivity index is 2.26. The second kappa shape index (κ2) is 7.07. The number of hydrogen-bond acceptors (Lipinski definition) is 3. The smallest absolute Gasteiger partial charge is 0.265 e. The number of benzene rings is 1. The summed E-state index contributed by atoms with van der Waals surface area (Å²) < 4.78 is 0.827. The van der Waals surface area contributed by atoms with Gasteiger partial charge in [-0.2, -0.15) is 0 Å². The molecular formula is C16H17BrN2O2S. The van der Waals surface area contributed by atoms with E-state index in [2.05, 4.69) is 33.5 Å². The van der Waals surface area contributed by atoms with Crippen molar-refractivity contribution in [2.45, 2.75) is 27.2 Å². The topological polar surface area (TPSA) is 58.2 Å². The summed E-state index contributed by atoms with van der Waals surface area (Å²) in [4.78, 5) is 25.6. The molecule has 0 unspecified atom stereocenters. The lowest BCUT2D eigenvalue weighted by Gasteiger charge is -2.11. The highest BCUT2D eigenvalue weighted by Crippen LogP contribution is 2.28. The minimum Gasteiger partial charge on any atom is -0.325 e. The van der Waals surface area contributed by atoms with Crippen LogP contribution < -0.4 is 10.6 Å². The van der Waals surface area contributed by atoms with Gasteiger partial charge in [-0.3, -0.25) is 9.59 Å². The minimum absolute atomic E-state index is 0.169. The molecule has 2 amide bonds. The summed E-state index contributed by atoms with van der Waals surface area (Å²) in [5, 5.41) is 5.58. The fourth-order valence-corrected chi connectivity index (χ4v) is 3.46. The lowest BCUT2D eigenvalue weighted by molar-refractivity contribution is -0.114. The normalized spacial score (nSPS) is 10.4. The van der Waals surface area contributed by atoms with Crippen molar-refractivity contribution in [3.63, 3.8) is 0 Å². The Morgan fingerprint density at radius 1 is 1.18 bits per heavy atom. The summed E-state index contributed by atoms with van der Waals surface area (Å²) >= 11 is 4.87. The number of halogens is 1. The molecule has 0 bridgehead atoms. The van der Waals surface area contributed by atoms with Crippen molar-refractivity contribution in [1.29, 1.82) is 0 Å². The third kappa shape index (κ3) is 3.96. The van der Waals surface area contributed by atoms with E-state index in [0.717, 1.165) is 16.5 Å². The molecule has 0 spiro atoms. The summed E-state index contributed by atoms with van der Waals surface area (Å²) in [6, 6.07) is 7.23. The van der Waals surface area contributed by atoms with E-state index in [1.165, 1.54) is 23.1 Å². The highest BCUT2D eigenvalue weighted by Gasteiger charge is 2.14. The third-order valence-corrected chi connectivity index (χ3v) is 4.98. The van der Waals surface area contributed by atoms with Crippen LogP contribution in [-0.4, -0.2) is 11.8 Å². The molecule has 1 aromatic heterocycles. The zero-order chi connectivity index (χ0) is 16.3. The number of carbonyl (C=O) groups excluding carboxylic acids is 2. The van der Waals surface area contributed by atoms with Crippen LogP contribution in [0.5, 0.6) is 0 Å². The van der Waals surface area contributed by atoms with Gasteiger partial charge in [-0.25, -0.2) is 0 Å². The Kier molecular flexibility index (Phi) is 5.37. The molecule has 22 heavy (non-hydrogen) atoms. The first-order chi connectivity index (χ1) is 10.4. The first-order valence-electron chi connectivity index (χ1n) is 6.88. The maximum absolute atomic E-state index is 12.4. The van der Waals surface area contributed by atoms with E-state index in [1.54, 1.807) is 12.1 Å². The van der Waals surface area contributed by atoms with Crippen molar-refractivity contribution in [2.75, 3.05) is 10.6 Å². The van der Waals surface area contributed by atoms with Crippen LogP contribution in [-0.2, 0) is 11.2 Å². The van der Waals surface area contributed by atoms with Crippen molar-refractivity contribution in [2.24, 2.45) is 0 Å². The molecule has 116 valence electrons. The molecule has 0 atom stereocenters. The van der Waals surface area contributed by atoms with Gasteiger partial charge >= 0.3 is 0 Å². The predicted molar refractivity (Wildman–Crippen MR) is 94.8 cm³/mol.